The molecule has 1 aromatic carbocycles. The molecule has 1 unspecified atom stereocenters. The van der Waals surface area contributed by atoms with Gasteiger partial charge in [0.15, 0.2) is 0 Å². The van der Waals surface area contributed by atoms with Gasteiger partial charge in [0.05, 0.1) is 5.92 Å². The molecule has 0 heterocycles. The summed E-state index contributed by atoms with van der Waals surface area (Å²) in [4.78, 5) is 11.6. The van der Waals surface area contributed by atoms with Gasteiger partial charge >= 0.3 is 0 Å². The molecular formula is C12H14BrNO. The molecule has 0 bridgehead atoms. The number of halogens is 1. The Morgan fingerprint density at radius 1 is 1.47 bits per heavy atom. The van der Waals surface area contributed by atoms with Crippen LogP contribution < -0.4 is 4.34 Å². The van der Waals surface area contributed by atoms with Crippen LogP contribution in [-0.2, 0) is 4.79 Å². The topological polar surface area (TPSA) is 29.1 Å². The molecule has 2 nitrogen and oxygen atoms in total. The van der Waals surface area contributed by atoms with Crippen molar-refractivity contribution in [2.45, 2.75) is 18.8 Å². The first-order chi connectivity index (χ1) is 7.29. The summed E-state index contributed by atoms with van der Waals surface area (Å²) in [5, 5.41) is 0. The number of amides is 1. The second kappa shape index (κ2) is 6.40. The van der Waals surface area contributed by atoms with Crippen LogP contribution in [-0.4, -0.2) is 5.91 Å². The summed E-state index contributed by atoms with van der Waals surface area (Å²) >= 11 is 2.98. The smallest absolute Gasteiger partial charge is 0.237 e. The van der Waals surface area contributed by atoms with Crippen molar-refractivity contribution in [1.82, 2.24) is 4.34 Å². The molecule has 1 aromatic rings. The maximum absolute atomic E-state index is 11.6. The Balaban J connectivity index is 2.81. The SMILES string of the molecule is C=CCCC(C(=O)NBr)c1ccccc1. The highest BCUT2D eigenvalue weighted by Gasteiger charge is 2.18. The third-order valence-electron chi connectivity index (χ3n) is 2.27. The molecule has 0 saturated carbocycles. The van der Waals surface area contributed by atoms with E-state index in [-0.39, 0.29) is 11.8 Å². The normalized spacial score (nSPS) is 11.8. The predicted molar refractivity (Wildman–Crippen MR) is 65.7 cm³/mol. The van der Waals surface area contributed by atoms with Gasteiger partial charge in [0.25, 0.3) is 0 Å². The van der Waals surface area contributed by atoms with E-state index in [9.17, 15) is 4.79 Å². The van der Waals surface area contributed by atoms with Crippen molar-refractivity contribution in [2.75, 3.05) is 0 Å². The van der Waals surface area contributed by atoms with Gasteiger partial charge in [-0.2, -0.15) is 0 Å². The third kappa shape index (κ3) is 3.51. The molecule has 0 radical (unpaired) electrons. The van der Waals surface area contributed by atoms with Crippen LogP contribution in [0.2, 0.25) is 0 Å². The Kier molecular flexibility index (Phi) is 5.12. The number of benzene rings is 1. The zero-order valence-corrected chi connectivity index (χ0v) is 10.0. The summed E-state index contributed by atoms with van der Waals surface area (Å²) in [6, 6.07) is 9.77. The average molecular weight is 268 g/mol. The van der Waals surface area contributed by atoms with Crippen LogP contribution >= 0.6 is 16.1 Å². The first-order valence-electron chi connectivity index (χ1n) is 4.86. The zero-order valence-electron chi connectivity index (χ0n) is 8.45. The molecule has 0 saturated heterocycles. The lowest BCUT2D eigenvalue weighted by Gasteiger charge is -2.13. The fourth-order valence-electron chi connectivity index (χ4n) is 1.48. The molecule has 0 aliphatic carbocycles. The van der Waals surface area contributed by atoms with Gasteiger partial charge in [-0.25, -0.2) is 0 Å². The fraction of sp³-hybridized carbons (Fsp3) is 0.250. The minimum atomic E-state index is -0.108. The molecule has 0 aliphatic heterocycles. The summed E-state index contributed by atoms with van der Waals surface area (Å²) in [6.45, 7) is 3.67. The second-order valence-electron chi connectivity index (χ2n) is 3.29. The van der Waals surface area contributed by atoms with E-state index in [4.69, 9.17) is 0 Å². The number of carbonyl (C=O) groups excluding carboxylic acids is 1. The van der Waals surface area contributed by atoms with Crippen molar-refractivity contribution >= 4 is 22.1 Å². The number of hydrogen-bond donors (Lipinski definition) is 1. The molecule has 1 atom stereocenters. The summed E-state index contributed by atoms with van der Waals surface area (Å²) in [6.07, 6.45) is 3.45. The maximum Gasteiger partial charge on any atom is 0.237 e. The van der Waals surface area contributed by atoms with Gasteiger partial charge in [0.1, 0.15) is 0 Å². The van der Waals surface area contributed by atoms with E-state index < -0.39 is 0 Å². The fourth-order valence-corrected chi connectivity index (χ4v) is 1.76. The largest absolute Gasteiger partial charge is 0.292 e. The Hall–Kier alpha value is -1.09. The minimum absolute atomic E-state index is 0.0111. The van der Waals surface area contributed by atoms with Crippen molar-refractivity contribution in [3.05, 3.63) is 48.6 Å². The minimum Gasteiger partial charge on any atom is -0.292 e. The highest BCUT2D eigenvalue weighted by atomic mass is 79.9. The van der Waals surface area contributed by atoms with Crippen LogP contribution in [0.1, 0.15) is 24.3 Å². The van der Waals surface area contributed by atoms with Crippen molar-refractivity contribution in [3.63, 3.8) is 0 Å². The molecule has 1 amide bonds. The molecule has 0 spiro atoms. The van der Waals surface area contributed by atoms with Gasteiger partial charge in [-0.05, 0) is 18.4 Å². The molecule has 15 heavy (non-hydrogen) atoms. The molecule has 80 valence electrons. The molecule has 1 N–H and O–H groups in total. The van der Waals surface area contributed by atoms with Crippen molar-refractivity contribution in [3.8, 4) is 0 Å². The van der Waals surface area contributed by atoms with Gasteiger partial charge in [-0.15, -0.1) is 6.58 Å². The first-order valence-corrected chi connectivity index (χ1v) is 5.65. The van der Waals surface area contributed by atoms with Crippen LogP contribution in [0, 0.1) is 0 Å². The van der Waals surface area contributed by atoms with Gasteiger partial charge in [-0.3, -0.25) is 9.14 Å². The Labute approximate surface area is 98.7 Å². The second-order valence-corrected chi connectivity index (χ2v) is 3.68. The first kappa shape index (κ1) is 12.0. The molecule has 0 aromatic heterocycles. The molecule has 0 fully saturated rings. The molecule has 3 heteroatoms. The highest BCUT2D eigenvalue weighted by molar-refractivity contribution is 9.08. The number of carbonyl (C=O) groups is 1. The summed E-state index contributed by atoms with van der Waals surface area (Å²) in [7, 11) is 0. The number of allylic oxidation sites excluding steroid dienone is 1. The van der Waals surface area contributed by atoms with Gasteiger partial charge in [-0.1, -0.05) is 36.4 Å². The quantitative estimate of drug-likeness (QED) is 0.645. The van der Waals surface area contributed by atoms with Crippen LogP contribution in [0.3, 0.4) is 0 Å². The van der Waals surface area contributed by atoms with E-state index in [0.717, 1.165) is 18.4 Å². The summed E-state index contributed by atoms with van der Waals surface area (Å²) in [5.74, 6) is -0.119. The monoisotopic (exact) mass is 267 g/mol. The molecule has 0 aliphatic rings. The van der Waals surface area contributed by atoms with E-state index in [2.05, 4.69) is 27.1 Å². The Bertz CT molecular complexity index is 324. The van der Waals surface area contributed by atoms with Crippen molar-refractivity contribution < 1.29 is 4.79 Å². The molecule has 1 rings (SSSR count). The van der Waals surface area contributed by atoms with Gasteiger partial charge in [0.2, 0.25) is 5.91 Å². The lowest BCUT2D eigenvalue weighted by atomic mass is 9.94. The summed E-state index contributed by atoms with van der Waals surface area (Å²) < 4.78 is 2.51. The zero-order chi connectivity index (χ0) is 11.1. The van der Waals surface area contributed by atoms with Crippen LogP contribution in [0.15, 0.2) is 43.0 Å². The molecular weight excluding hydrogens is 254 g/mol. The van der Waals surface area contributed by atoms with Crippen LogP contribution in [0.4, 0.5) is 0 Å². The van der Waals surface area contributed by atoms with E-state index >= 15 is 0 Å². The number of hydrogen-bond acceptors (Lipinski definition) is 1. The lowest BCUT2D eigenvalue weighted by Crippen LogP contribution is -2.21. The van der Waals surface area contributed by atoms with Crippen LogP contribution in [0.5, 0.6) is 0 Å². The van der Waals surface area contributed by atoms with E-state index in [1.54, 1.807) is 0 Å². The Morgan fingerprint density at radius 3 is 2.67 bits per heavy atom. The Morgan fingerprint density at radius 2 is 2.13 bits per heavy atom. The standard InChI is InChI=1S/C12H14BrNO/c1-2-3-9-11(12(15)14-13)10-7-5-4-6-8-10/h2,4-8,11H,1,3,9H2,(H,14,15). The highest BCUT2D eigenvalue weighted by Crippen LogP contribution is 2.21. The van der Waals surface area contributed by atoms with E-state index in [0.29, 0.717) is 0 Å². The van der Waals surface area contributed by atoms with Crippen molar-refractivity contribution in [1.29, 1.82) is 0 Å². The number of nitrogens with one attached hydrogen (secondary N) is 1. The lowest BCUT2D eigenvalue weighted by molar-refractivity contribution is -0.120. The maximum atomic E-state index is 11.6. The van der Waals surface area contributed by atoms with Gasteiger partial charge in [0, 0.05) is 16.1 Å². The predicted octanol–water partition coefficient (Wildman–Crippen LogP) is 3.16. The van der Waals surface area contributed by atoms with Crippen LogP contribution in [0.25, 0.3) is 0 Å². The van der Waals surface area contributed by atoms with E-state index in [1.165, 1.54) is 0 Å². The summed E-state index contributed by atoms with van der Waals surface area (Å²) in [5.41, 5.74) is 1.04. The van der Waals surface area contributed by atoms with Crippen molar-refractivity contribution in [2.24, 2.45) is 0 Å². The average Bonchev–Trinajstić information content (AvgIpc) is 2.30. The number of rotatable bonds is 5. The van der Waals surface area contributed by atoms with E-state index in [1.807, 2.05) is 36.4 Å². The third-order valence-corrected chi connectivity index (χ3v) is 2.66. The van der Waals surface area contributed by atoms with Gasteiger partial charge < -0.3 is 0 Å².